The molecule has 1 saturated carbocycles. The Bertz CT molecular complexity index is 178. The van der Waals surface area contributed by atoms with E-state index >= 15 is 0 Å². The van der Waals surface area contributed by atoms with Gasteiger partial charge in [0.05, 0.1) is 0 Å². The van der Waals surface area contributed by atoms with E-state index < -0.39 is 0 Å². The maximum Gasteiger partial charge on any atom is 0.0460 e. The van der Waals surface area contributed by atoms with Crippen LogP contribution in [0.1, 0.15) is 71.6 Å². The molecule has 1 atom stereocenters. The second-order valence-corrected chi connectivity index (χ2v) is 5.69. The van der Waals surface area contributed by atoms with E-state index in [1.165, 1.54) is 57.8 Å². The molecule has 1 aliphatic rings. The molecule has 2 nitrogen and oxygen atoms in total. The fraction of sp³-hybridized carbons (Fsp3) is 1.00. The fourth-order valence-electron chi connectivity index (χ4n) is 2.75. The number of hydrogen-bond acceptors (Lipinski definition) is 2. The number of rotatable bonds is 10. The van der Waals surface area contributed by atoms with Crippen molar-refractivity contribution in [3.05, 3.63) is 0 Å². The monoisotopic (exact) mass is 241 g/mol. The van der Waals surface area contributed by atoms with Gasteiger partial charge in [-0.1, -0.05) is 46.0 Å². The molecule has 0 heterocycles. The Labute approximate surface area is 107 Å². The third-order valence-electron chi connectivity index (χ3n) is 4.11. The van der Waals surface area contributed by atoms with Crippen LogP contribution >= 0.6 is 0 Å². The number of hydrogen-bond donors (Lipinski definition) is 2. The summed E-state index contributed by atoms with van der Waals surface area (Å²) < 4.78 is 0. The van der Waals surface area contributed by atoms with Crippen LogP contribution in [0.25, 0.3) is 0 Å². The first-order valence-electron chi connectivity index (χ1n) is 7.67. The Morgan fingerprint density at radius 2 is 1.82 bits per heavy atom. The van der Waals surface area contributed by atoms with E-state index in [-0.39, 0.29) is 0 Å². The zero-order chi connectivity index (χ0) is 12.5. The lowest BCUT2D eigenvalue weighted by atomic mass is 9.80. The van der Waals surface area contributed by atoms with Crippen LogP contribution in [0.4, 0.5) is 0 Å². The normalized spacial score (nSPS) is 25.6. The lowest BCUT2D eigenvalue weighted by Crippen LogP contribution is -2.47. The molecule has 0 aromatic heterocycles. The average Bonchev–Trinajstić information content (AvgIpc) is 2.30. The van der Waals surface area contributed by atoms with Gasteiger partial charge >= 0.3 is 0 Å². The fourth-order valence-corrected chi connectivity index (χ4v) is 2.75. The largest absolute Gasteiger partial charge is 0.396 e. The van der Waals surface area contributed by atoms with Crippen LogP contribution < -0.4 is 5.32 Å². The van der Waals surface area contributed by atoms with Gasteiger partial charge < -0.3 is 10.4 Å². The van der Waals surface area contributed by atoms with Gasteiger partial charge in [0.1, 0.15) is 0 Å². The minimum Gasteiger partial charge on any atom is -0.396 e. The molecule has 0 bridgehead atoms. The lowest BCUT2D eigenvalue weighted by molar-refractivity contribution is 0.118. The van der Waals surface area contributed by atoms with Gasteiger partial charge in [0.15, 0.2) is 0 Å². The molecule has 102 valence electrons. The van der Waals surface area contributed by atoms with Gasteiger partial charge in [-0.25, -0.2) is 0 Å². The molecular formula is C15H31NO. The van der Waals surface area contributed by atoms with Crippen LogP contribution in [0, 0.1) is 5.92 Å². The van der Waals surface area contributed by atoms with E-state index in [1.807, 2.05) is 0 Å². The second kappa shape index (κ2) is 8.93. The predicted octanol–water partition coefficient (Wildman–Crippen LogP) is 3.49. The molecule has 0 radical (unpaired) electrons. The third kappa shape index (κ3) is 5.87. The van der Waals surface area contributed by atoms with Crippen molar-refractivity contribution in [2.75, 3.05) is 6.61 Å². The SMILES string of the molecule is CCCCCCCC(CC)NC1CC(CO)C1. The quantitative estimate of drug-likeness (QED) is 0.574. The zero-order valence-electron chi connectivity index (χ0n) is 11.8. The molecule has 17 heavy (non-hydrogen) atoms. The highest BCUT2D eigenvalue weighted by atomic mass is 16.3. The third-order valence-corrected chi connectivity index (χ3v) is 4.11. The van der Waals surface area contributed by atoms with E-state index in [1.54, 1.807) is 0 Å². The predicted molar refractivity (Wildman–Crippen MR) is 74.2 cm³/mol. The summed E-state index contributed by atoms with van der Waals surface area (Å²) in [6.45, 7) is 4.93. The van der Waals surface area contributed by atoms with Crippen LogP contribution in [0.15, 0.2) is 0 Å². The summed E-state index contributed by atoms with van der Waals surface area (Å²) in [5, 5.41) is 12.7. The highest BCUT2D eigenvalue weighted by Crippen LogP contribution is 2.27. The molecule has 0 amide bonds. The molecular weight excluding hydrogens is 210 g/mol. The Kier molecular flexibility index (Phi) is 7.87. The van der Waals surface area contributed by atoms with Crippen LogP contribution in [-0.2, 0) is 0 Å². The van der Waals surface area contributed by atoms with E-state index in [0.717, 1.165) is 0 Å². The van der Waals surface area contributed by atoms with Gasteiger partial charge in [0.2, 0.25) is 0 Å². The van der Waals surface area contributed by atoms with Crippen molar-refractivity contribution in [1.29, 1.82) is 0 Å². The van der Waals surface area contributed by atoms with E-state index in [0.29, 0.717) is 24.6 Å². The maximum absolute atomic E-state index is 8.99. The summed E-state index contributed by atoms with van der Waals surface area (Å²) in [5.41, 5.74) is 0. The summed E-state index contributed by atoms with van der Waals surface area (Å²) in [4.78, 5) is 0. The molecule has 1 rings (SSSR count). The zero-order valence-corrected chi connectivity index (χ0v) is 11.8. The highest BCUT2D eigenvalue weighted by Gasteiger charge is 2.29. The highest BCUT2D eigenvalue weighted by molar-refractivity contribution is 4.86. The number of nitrogens with one attached hydrogen (secondary N) is 1. The van der Waals surface area contributed by atoms with Crippen molar-refractivity contribution in [3.63, 3.8) is 0 Å². The Balaban J connectivity index is 2.00. The lowest BCUT2D eigenvalue weighted by Gasteiger charge is -2.37. The first-order valence-corrected chi connectivity index (χ1v) is 7.67. The topological polar surface area (TPSA) is 32.3 Å². The molecule has 0 aromatic rings. The number of unbranched alkanes of at least 4 members (excludes halogenated alkanes) is 4. The molecule has 2 N–H and O–H groups in total. The van der Waals surface area contributed by atoms with Gasteiger partial charge in [-0.3, -0.25) is 0 Å². The summed E-state index contributed by atoms with van der Waals surface area (Å²) in [6.07, 6.45) is 11.9. The minimum absolute atomic E-state index is 0.381. The van der Waals surface area contributed by atoms with Gasteiger partial charge in [-0.15, -0.1) is 0 Å². The molecule has 0 aliphatic heterocycles. The molecule has 1 unspecified atom stereocenters. The van der Waals surface area contributed by atoms with Crippen molar-refractivity contribution in [3.8, 4) is 0 Å². The first-order chi connectivity index (χ1) is 8.30. The van der Waals surface area contributed by atoms with Gasteiger partial charge in [-0.2, -0.15) is 0 Å². The Morgan fingerprint density at radius 3 is 2.41 bits per heavy atom. The second-order valence-electron chi connectivity index (χ2n) is 5.69. The minimum atomic E-state index is 0.381. The van der Waals surface area contributed by atoms with Crippen LogP contribution in [0.5, 0.6) is 0 Å². The van der Waals surface area contributed by atoms with E-state index in [9.17, 15) is 0 Å². The summed E-state index contributed by atoms with van der Waals surface area (Å²) in [7, 11) is 0. The smallest absolute Gasteiger partial charge is 0.0460 e. The molecule has 1 aliphatic carbocycles. The van der Waals surface area contributed by atoms with Crippen molar-refractivity contribution < 1.29 is 5.11 Å². The first kappa shape index (κ1) is 15.0. The Morgan fingerprint density at radius 1 is 1.12 bits per heavy atom. The standard InChI is InChI=1S/C15H31NO/c1-3-5-6-7-8-9-14(4-2)16-15-10-13(11-15)12-17/h13-17H,3-12H2,1-2H3. The van der Waals surface area contributed by atoms with E-state index in [2.05, 4.69) is 19.2 Å². The summed E-state index contributed by atoms with van der Waals surface area (Å²) >= 11 is 0. The summed E-state index contributed by atoms with van der Waals surface area (Å²) in [6, 6.07) is 1.40. The van der Waals surface area contributed by atoms with Crippen LogP contribution in [-0.4, -0.2) is 23.8 Å². The van der Waals surface area contributed by atoms with Crippen LogP contribution in [0.2, 0.25) is 0 Å². The van der Waals surface area contributed by atoms with E-state index in [4.69, 9.17) is 5.11 Å². The average molecular weight is 241 g/mol. The van der Waals surface area contributed by atoms with Crippen molar-refractivity contribution in [2.45, 2.75) is 83.7 Å². The number of aliphatic hydroxyl groups excluding tert-OH is 1. The van der Waals surface area contributed by atoms with Gasteiger partial charge in [0, 0.05) is 18.7 Å². The van der Waals surface area contributed by atoms with Crippen LogP contribution in [0.3, 0.4) is 0 Å². The molecule has 1 fully saturated rings. The maximum atomic E-state index is 8.99. The number of aliphatic hydroxyl groups is 1. The van der Waals surface area contributed by atoms with Gasteiger partial charge in [-0.05, 0) is 31.6 Å². The van der Waals surface area contributed by atoms with Crippen molar-refractivity contribution >= 4 is 0 Å². The molecule has 0 spiro atoms. The van der Waals surface area contributed by atoms with Crippen molar-refractivity contribution in [1.82, 2.24) is 5.32 Å². The summed E-state index contributed by atoms with van der Waals surface area (Å²) in [5.74, 6) is 0.578. The molecule has 2 heteroatoms. The molecule has 0 saturated heterocycles. The van der Waals surface area contributed by atoms with Crippen molar-refractivity contribution in [2.24, 2.45) is 5.92 Å². The Hall–Kier alpha value is -0.0800. The molecule has 0 aromatic carbocycles. The van der Waals surface area contributed by atoms with Gasteiger partial charge in [0.25, 0.3) is 0 Å².